The minimum Gasteiger partial charge on any atom is -0.493 e. The van der Waals surface area contributed by atoms with Crippen LogP contribution in [-0.4, -0.2) is 35.0 Å². The van der Waals surface area contributed by atoms with Crippen LogP contribution in [0.5, 0.6) is 17.2 Å². The molecule has 0 atom stereocenters. The van der Waals surface area contributed by atoms with Gasteiger partial charge in [0.25, 0.3) is 0 Å². The summed E-state index contributed by atoms with van der Waals surface area (Å²) in [5.41, 5.74) is -11.5. The van der Waals surface area contributed by atoms with Gasteiger partial charge < -0.3 is 13.1 Å². The lowest BCUT2D eigenvalue weighted by Gasteiger charge is -2.14. The van der Waals surface area contributed by atoms with Crippen LogP contribution in [0.4, 0.5) is 26.3 Å². The van der Waals surface area contributed by atoms with Crippen molar-refractivity contribution in [3.63, 3.8) is 0 Å². The molecular formula is C9H6F6O7S2. The number of rotatable bonds is 5. The fraction of sp³-hybridized carbons (Fsp3) is 0.333. The molecule has 0 fully saturated rings. The van der Waals surface area contributed by atoms with Crippen molar-refractivity contribution >= 4 is 20.2 Å². The van der Waals surface area contributed by atoms with Gasteiger partial charge in [0, 0.05) is 6.07 Å². The molecule has 0 bridgehead atoms. The second kappa shape index (κ2) is 6.19. The van der Waals surface area contributed by atoms with Crippen molar-refractivity contribution in [1.29, 1.82) is 0 Å². The average molecular weight is 404 g/mol. The highest BCUT2D eigenvalue weighted by Crippen LogP contribution is 2.36. The van der Waals surface area contributed by atoms with Crippen LogP contribution in [0, 0.1) is 0 Å². The predicted octanol–water partition coefficient (Wildman–Crippen LogP) is 2.15. The first-order valence-electron chi connectivity index (χ1n) is 5.30. The Morgan fingerprint density at radius 2 is 1.25 bits per heavy atom. The molecule has 0 aliphatic rings. The largest absolute Gasteiger partial charge is 0.534 e. The number of alkyl halides is 6. The van der Waals surface area contributed by atoms with E-state index >= 15 is 0 Å². The third-order valence-corrected chi connectivity index (χ3v) is 4.05. The Hall–Kier alpha value is -1.90. The predicted molar refractivity (Wildman–Crippen MR) is 64.2 cm³/mol. The van der Waals surface area contributed by atoms with Crippen LogP contribution in [0.2, 0.25) is 0 Å². The molecule has 0 amide bonds. The van der Waals surface area contributed by atoms with Crippen LogP contribution in [0.15, 0.2) is 18.2 Å². The number of halogens is 6. The number of hydrogen-bond acceptors (Lipinski definition) is 7. The average Bonchev–Trinajstić information content (AvgIpc) is 2.37. The van der Waals surface area contributed by atoms with Crippen molar-refractivity contribution in [1.82, 2.24) is 0 Å². The summed E-state index contributed by atoms with van der Waals surface area (Å²) in [5.74, 6) is -2.87. The van der Waals surface area contributed by atoms with E-state index < -0.39 is 48.5 Å². The van der Waals surface area contributed by atoms with Crippen LogP contribution >= 0.6 is 0 Å². The third-order valence-electron chi connectivity index (χ3n) is 2.11. The SMILES string of the molecule is COc1cc(OS(=O)(=O)C(F)(F)F)ccc1OS(=O)(=O)C(F)(F)F. The Morgan fingerprint density at radius 3 is 1.67 bits per heavy atom. The van der Waals surface area contributed by atoms with E-state index in [0.29, 0.717) is 18.2 Å². The minimum atomic E-state index is -6.07. The summed E-state index contributed by atoms with van der Waals surface area (Å²) in [7, 11) is -11.3. The first kappa shape index (κ1) is 20.1. The molecule has 0 radical (unpaired) electrons. The van der Waals surface area contributed by atoms with E-state index in [4.69, 9.17) is 0 Å². The topological polar surface area (TPSA) is 96.0 Å². The lowest BCUT2D eigenvalue weighted by atomic mass is 10.3. The van der Waals surface area contributed by atoms with Crippen molar-refractivity contribution in [3.8, 4) is 17.2 Å². The smallest absolute Gasteiger partial charge is 0.493 e. The summed E-state index contributed by atoms with van der Waals surface area (Å²) >= 11 is 0. The lowest BCUT2D eigenvalue weighted by Crippen LogP contribution is -2.28. The van der Waals surface area contributed by atoms with Crippen molar-refractivity contribution in [2.24, 2.45) is 0 Å². The minimum absolute atomic E-state index is 0.393. The highest BCUT2D eigenvalue weighted by molar-refractivity contribution is 7.88. The molecule has 138 valence electrons. The van der Waals surface area contributed by atoms with Crippen LogP contribution < -0.4 is 13.1 Å². The zero-order chi connectivity index (χ0) is 19.0. The Balaban J connectivity index is 3.20. The molecule has 0 heterocycles. The molecule has 0 aromatic heterocycles. The Bertz CT molecular complexity index is 810. The first-order valence-corrected chi connectivity index (χ1v) is 8.12. The maximum atomic E-state index is 12.2. The number of hydrogen-bond donors (Lipinski definition) is 0. The van der Waals surface area contributed by atoms with Gasteiger partial charge in [0.1, 0.15) is 5.75 Å². The van der Waals surface area contributed by atoms with E-state index in [1.54, 1.807) is 0 Å². The molecule has 0 saturated heterocycles. The molecule has 0 spiro atoms. The highest BCUT2D eigenvalue weighted by Gasteiger charge is 2.50. The van der Waals surface area contributed by atoms with Gasteiger partial charge >= 0.3 is 31.3 Å². The zero-order valence-electron chi connectivity index (χ0n) is 11.2. The first-order chi connectivity index (χ1) is 10.6. The second-order valence-electron chi connectivity index (χ2n) is 3.78. The summed E-state index contributed by atoms with van der Waals surface area (Å²) in [5, 5.41) is 0. The van der Waals surface area contributed by atoms with E-state index in [1.807, 2.05) is 0 Å². The van der Waals surface area contributed by atoms with Gasteiger partial charge in [-0.2, -0.15) is 43.2 Å². The Labute approximate surface area is 131 Å². The molecule has 1 aromatic rings. The molecule has 0 saturated carbocycles. The van der Waals surface area contributed by atoms with E-state index in [9.17, 15) is 43.2 Å². The standard InChI is InChI=1S/C9H6F6O7S2/c1-20-7-4-5(21-23(16,17)8(10,11)12)2-3-6(7)22-24(18,19)9(13,14)15/h2-4H,1H3. The van der Waals surface area contributed by atoms with Gasteiger partial charge in [0.05, 0.1) is 7.11 Å². The van der Waals surface area contributed by atoms with Gasteiger partial charge in [-0.25, -0.2) is 0 Å². The second-order valence-corrected chi connectivity index (χ2v) is 6.85. The van der Waals surface area contributed by atoms with Crippen LogP contribution in [0.3, 0.4) is 0 Å². The van der Waals surface area contributed by atoms with Crippen LogP contribution in [0.25, 0.3) is 0 Å². The summed E-state index contributed by atoms with van der Waals surface area (Å²) in [6.07, 6.45) is 0. The summed E-state index contributed by atoms with van der Waals surface area (Å²) < 4.78 is 128. The van der Waals surface area contributed by atoms with Gasteiger partial charge in [0.2, 0.25) is 0 Å². The highest BCUT2D eigenvalue weighted by atomic mass is 32.2. The molecule has 0 unspecified atom stereocenters. The molecular weight excluding hydrogens is 398 g/mol. The van der Waals surface area contributed by atoms with Crippen LogP contribution in [0.1, 0.15) is 0 Å². The van der Waals surface area contributed by atoms with Gasteiger partial charge in [-0.05, 0) is 12.1 Å². The van der Waals surface area contributed by atoms with E-state index in [-0.39, 0.29) is 0 Å². The van der Waals surface area contributed by atoms with E-state index in [0.717, 1.165) is 7.11 Å². The van der Waals surface area contributed by atoms with E-state index in [1.165, 1.54) is 0 Å². The van der Waals surface area contributed by atoms with Gasteiger partial charge in [-0.15, -0.1) is 0 Å². The third kappa shape index (κ3) is 4.34. The fourth-order valence-electron chi connectivity index (χ4n) is 1.11. The van der Waals surface area contributed by atoms with Gasteiger partial charge in [-0.1, -0.05) is 0 Å². The number of benzene rings is 1. The van der Waals surface area contributed by atoms with E-state index in [2.05, 4.69) is 13.1 Å². The fourth-order valence-corrected chi connectivity index (χ4v) is 2.03. The summed E-state index contributed by atoms with van der Waals surface area (Å²) in [6.45, 7) is 0. The monoisotopic (exact) mass is 404 g/mol. The molecule has 24 heavy (non-hydrogen) atoms. The van der Waals surface area contributed by atoms with Crippen molar-refractivity contribution in [3.05, 3.63) is 18.2 Å². The number of ether oxygens (including phenoxy) is 1. The maximum absolute atomic E-state index is 12.2. The van der Waals surface area contributed by atoms with Crippen molar-refractivity contribution < 1.29 is 56.3 Å². The van der Waals surface area contributed by atoms with Gasteiger partial charge in [0.15, 0.2) is 11.5 Å². The Kier molecular flexibility index (Phi) is 5.20. The van der Waals surface area contributed by atoms with Crippen molar-refractivity contribution in [2.75, 3.05) is 7.11 Å². The maximum Gasteiger partial charge on any atom is 0.534 e. The molecule has 0 aliphatic heterocycles. The Morgan fingerprint density at radius 1 is 0.792 bits per heavy atom. The summed E-state index contributed by atoms with van der Waals surface area (Å²) in [4.78, 5) is 0. The number of methoxy groups -OCH3 is 1. The summed E-state index contributed by atoms with van der Waals surface area (Å²) in [6, 6.07) is 1.25. The molecule has 0 N–H and O–H groups in total. The molecule has 1 rings (SSSR count). The normalized spacial score (nSPS) is 13.5. The van der Waals surface area contributed by atoms with Gasteiger partial charge in [-0.3, -0.25) is 0 Å². The molecule has 1 aromatic carbocycles. The molecule has 15 heteroatoms. The zero-order valence-corrected chi connectivity index (χ0v) is 12.8. The van der Waals surface area contributed by atoms with Crippen LogP contribution in [-0.2, 0) is 20.2 Å². The molecule has 7 nitrogen and oxygen atoms in total. The van der Waals surface area contributed by atoms with Crippen molar-refractivity contribution in [2.45, 2.75) is 11.0 Å². The molecule has 0 aliphatic carbocycles. The quantitative estimate of drug-likeness (QED) is 0.422. The lowest BCUT2D eigenvalue weighted by molar-refractivity contribution is -0.0506.